The Hall–Kier alpha value is -1.40. The number of hydrogen-bond acceptors (Lipinski definition) is 4. The Bertz CT molecular complexity index is 509. The lowest BCUT2D eigenvalue weighted by atomic mass is 10.2. The molecule has 116 valence electrons. The van der Waals surface area contributed by atoms with Crippen molar-refractivity contribution in [1.82, 2.24) is 10.9 Å². The van der Waals surface area contributed by atoms with Crippen LogP contribution in [0, 0.1) is 5.92 Å². The van der Waals surface area contributed by atoms with Crippen molar-refractivity contribution in [2.24, 2.45) is 5.92 Å². The van der Waals surface area contributed by atoms with Crippen LogP contribution in [0.4, 0.5) is 0 Å². The molecule has 1 rings (SSSR count). The summed E-state index contributed by atoms with van der Waals surface area (Å²) in [6.45, 7) is 4.25. The van der Waals surface area contributed by atoms with Crippen molar-refractivity contribution in [3.8, 4) is 5.75 Å². The van der Waals surface area contributed by atoms with Gasteiger partial charge in [-0.1, -0.05) is 25.4 Å². The fraction of sp³-hybridized carbons (Fsp3) is 0.429. The molecule has 3 N–H and O–H groups in total. The smallest absolute Gasteiger partial charge is 0.273 e. The third-order valence-electron chi connectivity index (χ3n) is 2.59. The highest BCUT2D eigenvalue weighted by molar-refractivity contribution is 7.99. The second-order valence-electron chi connectivity index (χ2n) is 4.90. The molecule has 0 heterocycles. The van der Waals surface area contributed by atoms with E-state index in [9.17, 15) is 14.7 Å². The number of benzene rings is 1. The molecule has 0 aliphatic heterocycles. The largest absolute Gasteiger partial charge is 0.507 e. The molecular weight excluding hydrogens is 312 g/mol. The van der Waals surface area contributed by atoms with E-state index in [2.05, 4.69) is 24.7 Å². The predicted octanol–water partition coefficient (Wildman–Crippen LogP) is 2.59. The number of amides is 2. The van der Waals surface area contributed by atoms with E-state index in [4.69, 9.17) is 11.6 Å². The highest BCUT2D eigenvalue weighted by Gasteiger charge is 2.12. The maximum Gasteiger partial charge on any atom is 0.273 e. The van der Waals surface area contributed by atoms with Gasteiger partial charge >= 0.3 is 0 Å². The average Bonchev–Trinajstić information content (AvgIpc) is 2.43. The van der Waals surface area contributed by atoms with Gasteiger partial charge in [0.05, 0.1) is 11.3 Å². The van der Waals surface area contributed by atoms with E-state index < -0.39 is 5.91 Å². The van der Waals surface area contributed by atoms with Crippen molar-refractivity contribution in [2.75, 3.05) is 11.5 Å². The van der Waals surface area contributed by atoms with Gasteiger partial charge in [-0.3, -0.25) is 20.4 Å². The van der Waals surface area contributed by atoms with Gasteiger partial charge in [0.1, 0.15) is 5.75 Å². The number of hydrazine groups is 1. The Morgan fingerprint density at radius 3 is 2.71 bits per heavy atom. The first-order valence-electron chi connectivity index (χ1n) is 6.55. The number of aromatic hydroxyl groups is 1. The van der Waals surface area contributed by atoms with E-state index in [1.807, 2.05) is 0 Å². The maximum atomic E-state index is 11.8. The van der Waals surface area contributed by atoms with E-state index in [0.717, 1.165) is 12.2 Å². The lowest BCUT2D eigenvalue weighted by Gasteiger charge is -2.09. The van der Waals surface area contributed by atoms with Crippen molar-refractivity contribution in [3.63, 3.8) is 0 Å². The molecule has 0 fully saturated rings. The summed E-state index contributed by atoms with van der Waals surface area (Å²) in [7, 11) is 0. The Morgan fingerprint density at radius 2 is 2.05 bits per heavy atom. The number of phenols is 1. The molecule has 0 aliphatic carbocycles. The molecule has 21 heavy (non-hydrogen) atoms. The summed E-state index contributed by atoms with van der Waals surface area (Å²) in [5, 5.41) is 9.89. The van der Waals surface area contributed by atoms with Gasteiger partial charge in [0.25, 0.3) is 5.91 Å². The monoisotopic (exact) mass is 330 g/mol. The fourth-order valence-electron chi connectivity index (χ4n) is 1.40. The molecule has 0 spiro atoms. The first-order valence-corrected chi connectivity index (χ1v) is 8.09. The Kier molecular flexibility index (Phi) is 7.39. The molecular formula is C14H19ClN2O3S. The number of carbonyl (C=O) groups is 2. The summed E-state index contributed by atoms with van der Waals surface area (Å²) in [5.41, 5.74) is 4.56. The minimum Gasteiger partial charge on any atom is -0.507 e. The standard InChI is InChI=1S/C14H19ClN2O3S/c1-9(2)5-6-21-8-13(19)16-17-14(20)11-7-10(15)3-4-12(11)18/h3-4,7,9,18H,5-6,8H2,1-2H3,(H,16,19)(H,17,20). The van der Waals surface area contributed by atoms with Gasteiger partial charge in [0.2, 0.25) is 5.91 Å². The van der Waals surface area contributed by atoms with Crippen LogP contribution in [0.3, 0.4) is 0 Å². The third kappa shape index (κ3) is 6.73. The van der Waals surface area contributed by atoms with Gasteiger partial charge in [-0.15, -0.1) is 0 Å². The van der Waals surface area contributed by atoms with Gasteiger partial charge in [-0.05, 0) is 36.3 Å². The SMILES string of the molecule is CC(C)CCSCC(=O)NNC(=O)c1cc(Cl)ccc1O. The van der Waals surface area contributed by atoms with Crippen molar-refractivity contribution >= 4 is 35.2 Å². The number of carbonyl (C=O) groups excluding carboxylic acids is 2. The van der Waals surface area contributed by atoms with Crippen molar-refractivity contribution in [2.45, 2.75) is 20.3 Å². The number of phenolic OH excluding ortho intramolecular Hbond substituents is 1. The van der Waals surface area contributed by atoms with Crippen molar-refractivity contribution in [3.05, 3.63) is 28.8 Å². The van der Waals surface area contributed by atoms with Crippen LogP contribution in [0.15, 0.2) is 18.2 Å². The van der Waals surface area contributed by atoms with Gasteiger partial charge in [0.15, 0.2) is 0 Å². The molecule has 0 aromatic heterocycles. The molecule has 5 nitrogen and oxygen atoms in total. The number of halogens is 1. The van der Waals surface area contributed by atoms with E-state index in [0.29, 0.717) is 10.9 Å². The fourth-order valence-corrected chi connectivity index (χ4v) is 2.62. The van der Waals surface area contributed by atoms with Gasteiger partial charge in [-0.25, -0.2) is 0 Å². The Labute approximate surface area is 133 Å². The molecule has 1 aromatic carbocycles. The number of rotatable bonds is 6. The summed E-state index contributed by atoms with van der Waals surface area (Å²) < 4.78 is 0. The van der Waals surface area contributed by atoms with Gasteiger partial charge in [-0.2, -0.15) is 11.8 Å². The van der Waals surface area contributed by atoms with Crippen LogP contribution in [0.2, 0.25) is 5.02 Å². The summed E-state index contributed by atoms with van der Waals surface area (Å²) in [6, 6.07) is 4.12. The van der Waals surface area contributed by atoms with E-state index in [1.54, 1.807) is 0 Å². The average molecular weight is 331 g/mol. The van der Waals surface area contributed by atoms with Crippen LogP contribution >= 0.6 is 23.4 Å². The zero-order chi connectivity index (χ0) is 15.8. The van der Waals surface area contributed by atoms with E-state index in [-0.39, 0.29) is 23.0 Å². The van der Waals surface area contributed by atoms with Crippen LogP contribution in [0.5, 0.6) is 5.75 Å². The summed E-state index contributed by atoms with van der Waals surface area (Å²) >= 11 is 7.26. The Morgan fingerprint density at radius 1 is 1.33 bits per heavy atom. The first-order chi connectivity index (χ1) is 9.90. The second kappa shape index (κ2) is 8.79. The summed E-state index contributed by atoms with van der Waals surface area (Å²) in [4.78, 5) is 23.3. The zero-order valence-corrected chi connectivity index (χ0v) is 13.6. The van der Waals surface area contributed by atoms with Crippen LogP contribution in [0.1, 0.15) is 30.6 Å². The molecule has 0 saturated carbocycles. The van der Waals surface area contributed by atoms with Crippen molar-refractivity contribution < 1.29 is 14.7 Å². The molecule has 0 saturated heterocycles. The Balaban J connectivity index is 2.35. The quantitative estimate of drug-likeness (QED) is 0.553. The number of nitrogens with one attached hydrogen (secondary N) is 2. The molecule has 0 radical (unpaired) electrons. The van der Waals surface area contributed by atoms with E-state index >= 15 is 0 Å². The first kappa shape index (κ1) is 17.7. The van der Waals surface area contributed by atoms with Crippen LogP contribution in [-0.2, 0) is 4.79 Å². The predicted molar refractivity (Wildman–Crippen MR) is 85.5 cm³/mol. The topological polar surface area (TPSA) is 78.4 Å². The molecule has 0 atom stereocenters. The lowest BCUT2D eigenvalue weighted by molar-refractivity contribution is -0.119. The van der Waals surface area contributed by atoms with Gasteiger partial charge in [0, 0.05) is 5.02 Å². The molecule has 2 amide bonds. The van der Waals surface area contributed by atoms with E-state index in [1.165, 1.54) is 30.0 Å². The summed E-state index contributed by atoms with van der Waals surface area (Å²) in [6.07, 6.45) is 1.04. The molecule has 0 unspecified atom stereocenters. The van der Waals surface area contributed by atoms with Crippen LogP contribution < -0.4 is 10.9 Å². The second-order valence-corrected chi connectivity index (χ2v) is 6.44. The number of thioether (sulfide) groups is 1. The van der Waals surface area contributed by atoms with Gasteiger partial charge < -0.3 is 5.11 Å². The highest BCUT2D eigenvalue weighted by Crippen LogP contribution is 2.20. The van der Waals surface area contributed by atoms with Crippen LogP contribution in [-0.4, -0.2) is 28.4 Å². The zero-order valence-electron chi connectivity index (χ0n) is 12.0. The minimum atomic E-state index is -0.615. The molecule has 1 aromatic rings. The number of hydrogen-bond donors (Lipinski definition) is 3. The molecule has 7 heteroatoms. The highest BCUT2D eigenvalue weighted by atomic mass is 35.5. The minimum absolute atomic E-state index is 0.00950. The van der Waals surface area contributed by atoms with Crippen LogP contribution in [0.25, 0.3) is 0 Å². The maximum absolute atomic E-state index is 11.8. The normalized spacial score (nSPS) is 10.5. The van der Waals surface area contributed by atoms with Crippen molar-refractivity contribution in [1.29, 1.82) is 0 Å². The third-order valence-corrected chi connectivity index (χ3v) is 3.82. The molecule has 0 bridgehead atoms. The summed E-state index contributed by atoms with van der Waals surface area (Å²) in [5.74, 6) is 0.667. The molecule has 0 aliphatic rings. The lowest BCUT2D eigenvalue weighted by Crippen LogP contribution is -2.42.